The summed E-state index contributed by atoms with van der Waals surface area (Å²) in [5.74, 6) is -0.152. The highest BCUT2D eigenvalue weighted by molar-refractivity contribution is 6.42. The Kier molecular flexibility index (Phi) is 10.6. The fourth-order valence-electron chi connectivity index (χ4n) is 9.17. The number of hydrogen-bond donors (Lipinski definition) is 1. The zero-order chi connectivity index (χ0) is 33.2. The van der Waals surface area contributed by atoms with Gasteiger partial charge in [-0.05, 0) is 60.4 Å². The number of nitrogens with zero attached hydrogens (tertiary/aromatic N) is 1. The molecule has 0 aromatic heterocycles. The summed E-state index contributed by atoms with van der Waals surface area (Å²) in [7, 11) is 0. The predicted octanol–water partition coefficient (Wildman–Crippen LogP) is 5.31. The number of amides is 1. The Hall–Kier alpha value is -2.50. The van der Waals surface area contributed by atoms with Gasteiger partial charge >= 0.3 is 12.4 Å². The van der Waals surface area contributed by atoms with Crippen LogP contribution in [0.2, 0.25) is 10.0 Å². The van der Waals surface area contributed by atoms with Gasteiger partial charge in [-0.3, -0.25) is 4.79 Å². The van der Waals surface area contributed by atoms with Crippen molar-refractivity contribution in [3.05, 3.63) is 105 Å². The summed E-state index contributed by atoms with van der Waals surface area (Å²) in [6, 6.07) is 17.3. The van der Waals surface area contributed by atoms with E-state index in [2.05, 4.69) is 17.4 Å². The number of fused-ring (bicyclic) bond motifs is 3. The van der Waals surface area contributed by atoms with E-state index in [1.807, 2.05) is 31.2 Å². The summed E-state index contributed by atoms with van der Waals surface area (Å²) in [6.45, 7) is 4.21. The van der Waals surface area contributed by atoms with Crippen LogP contribution >= 0.6 is 23.2 Å². The molecule has 0 saturated carbocycles. The third-order valence-corrected chi connectivity index (χ3v) is 12.2. The number of quaternary nitrogens is 1. The number of nitrogens with one attached hydrogen (secondary N) is 1. The average Bonchev–Trinajstić information content (AvgIpc) is 3.03. The maximum absolute atomic E-state index is 14.2. The molecule has 4 aliphatic rings. The highest BCUT2D eigenvalue weighted by Crippen LogP contribution is 2.63. The van der Waals surface area contributed by atoms with E-state index in [0.29, 0.717) is 47.0 Å². The second-order valence-corrected chi connectivity index (χ2v) is 14.2. The van der Waals surface area contributed by atoms with Gasteiger partial charge < -0.3 is 27.7 Å². The molecule has 3 aromatic rings. The van der Waals surface area contributed by atoms with E-state index in [1.165, 1.54) is 0 Å². The molecule has 0 radical (unpaired) electrons. The van der Waals surface area contributed by atoms with Crippen molar-refractivity contribution in [2.75, 3.05) is 26.2 Å². The van der Waals surface area contributed by atoms with Crippen LogP contribution in [0.3, 0.4) is 0 Å². The number of rotatable bonds is 6. The number of halogens is 9. The number of likely N-dealkylation sites (N-methyl/N-ethyl adjacent to an activating group) is 1. The Morgan fingerprint density at radius 3 is 1.92 bits per heavy atom. The van der Waals surface area contributed by atoms with Crippen molar-refractivity contribution in [3.63, 3.8) is 0 Å². The molecule has 3 aromatic carbocycles. The molecule has 13 heteroatoms. The molecule has 2 atom stereocenters. The van der Waals surface area contributed by atoms with Crippen molar-refractivity contribution in [2.24, 2.45) is 0 Å². The molecular weight excluding hydrogens is 701 g/mol. The summed E-state index contributed by atoms with van der Waals surface area (Å²) in [5.41, 5.74) is -2.99. The monoisotopic (exact) mass is 736 g/mol. The van der Waals surface area contributed by atoms with Gasteiger partial charge in [-0.2, -0.15) is 26.3 Å². The Balaban J connectivity index is 0.00000260. The van der Waals surface area contributed by atoms with E-state index in [1.54, 1.807) is 12.1 Å². The molecule has 48 heavy (non-hydrogen) atoms. The number of hydrogen-bond acceptors (Lipinski definition) is 1. The number of alkyl halides is 6. The first-order chi connectivity index (χ1) is 21.6. The number of carbonyl (C=O) groups excluding carboxylic acids is 1. The number of piperidine rings is 4. The standard InChI is InChI=1S/C35H34Cl2F6N2O.ClH.H2O/c1-2-45-14-12-31(13-15-45,24-6-4-3-5-7-24)21-33(45,20-23-16-26(34(38,39)40)18-27(17-23)35(41,42)43)32(11-10-30(46)44-22-32)25-8-9-28(36)29(37)19-25;;/h3-9,16-19H,2,10-15,20-22H2,1H3;1H;1H2. The highest BCUT2D eigenvalue weighted by Gasteiger charge is 2.71. The van der Waals surface area contributed by atoms with Gasteiger partial charge in [0, 0.05) is 44.1 Å². The van der Waals surface area contributed by atoms with Crippen molar-refractivity contribution >= 4 is 29.1 Å². The van der Waals surface area contributed by atoms with E-state index >= 15 is 0 Å². The Morgan fingerprint density at radius 1 is 0.812 bits per heavy atom. The predicted molar refractivity (Wildman–Crippen MR) is 169 cm³/mol. The SMILES string of the molecule is CC[N+]12CCC(c3ccccc3)(CC1)CC2(Cc1cc(C(F)(F)F)cc(C(F)(F)F)c1)C1(c2ccc(Cl)c(Cl)c2)CCC(=O)NC1.O.[Cl-]. The third kappa shape index (κ3) is 6.21. The zero-order valence-electron chi connectivity index (χ0n) is 26.2. The molecule has 0 aliphatic carbocycles. The van der Waals surface area contributed by atoms with E-state index in [-0.39, 0.29) is 60.2 Å². The fourth-order valence-corrected chi connectivity index (χ4v) is 9.47. The highest BCUT2D eigenvalue weighted by atomic mass is 35.5. The van der Waals surface area contributed by atoms with Crippen LogP contribution in [0.15, 0.2) is 66.7 Å². The van der Waals surface area contributed by atoms with Crippen molar-refractivity contribution in [1.82, 2.24) is 5.32 Å². The largest absolute Gasteiger partial charge is 1.00 e. The summed E-state index contributed by atoms with van der Waals surface area (Å²) in [5, 5.41) is 3.67. The van der Waals surface area contributed by atoms with Crippen molar-refractivity contribution in [2.45, 2.75) is 74.2 Å². The van der Waals surface area contributed by atoms with Gasteiger partial charge in [0.05, 0.1) is 46.2 Å². The molecule has 4 aliphatic heterocycles. The minimum absolute atomic E-state index is 0. The average molecular weight is 738 g/mol. The van der Waals surface area contributed by atoms with Gasteiger partial charge in [-0.25, -0.2) is 0 Å². The minimum Gasteiger partial charge on any atom is -1.00 e. The van der Waals surface area contributed by atoms with Gasteiger partial charge in [-0.15, -0.1) is 0 Å². The van der Waals surface area contributed by atoms with E-state index < -0.39 is 34.4 Å². The van der Waals surface area contributed by atoms with Crippen LogP contribution in [-0.2, 0) is 34.4 Å². The third-order valence-electron chi connectivity index (χ3n) is 11.4. The lowest BCUT2D eigenvalue weighted by atomic mass is 9.47. The summed E-state index contributed by atoms with van der Waals surface area (Å²) < 4.78 is 85.4. The molecule has 2 bridgehead atoms. The smallest absolute Gasteiger partial charge is 0.416 e. The van der Waals surface area contributed by atoms with E-state index in [9.17, 15) is 31.1 Å². The first-order valence-corrected chi connectivity index (χ1v) is 16.3. The lowest BCUT2D eigenvalue weighted by Crippen LogP contribution is -3.00. The lowest BCUT2D eigenvalue weighted by molar-refractivity contribution is -0.996. The van der Waals surface area contributed by atoms with Crippen molar-refractivity contribution in [3.8, 4) is 0 Å². The molecule has 4 heterocycles. The van der Waals surface area contributed by atoms with Gasteiger partial charge in [0.2, 0.25) is 5.91 Å². The van der Waals surface area contributed by atoms with Crippen molar-refractivity contribution < 1.29 is 53.5 Å². The zero-order valence-corrected chi connectivity index (χ0v) is 28.4. The van der Waals surface area contributed by atoms with Crippen LogP contribution in [0.4, 0.5) is 26.3 Å². The van der Waals surface area contributed by atoms with Gasteiger partial charge in [-0.1, -0.05) is 59.6 Å². The number of carbonyl (C=O) groups is 1. The number of benzene rings is 3. The summed E-state index contributed by atoms with van der Waals surface area (Å²) >= 11 is 13.0. The maximum Gasteiger partial charge on any atom is 0.416 e. The molecule has 7 rings (SSSR count). The van der Waals surface area contributed by atoms with E-state index in [4.69, 9.17) is 23.2 Å². The normalized spacial score (nSPS) is 28.6. The van der Waals surface area contributed by atoms with Crippen LogP contribution in [0.25, 0.3) is 0 Å². The Morgan fingerprint density at radius 2 is 1.42 bits per heavy atom. The molecule has 1 amide bonds. The lowest BCUT2D eigenvalue weighted by Gasteiger charge is -2.71. The van der Waals surface area contributed by atoms with Crippen LogP contribution in [0.1, 0.15) is 66.8 Å². The first-order valence-electron chi connectivity index (χ1n) is 15.5. The molecule has 4 fully saturated rings. The molecule has 4 nitrogen and oxygen atoms in total. The van der Waals surface area contributed by atoms with E-state index in [0.717, 1.165) is 36.1 Å². The van der Waals surface area contributed by atoms with Gasteiger partial charge in [0.25, 0.3) is 0 Å². The Labute approximate surface area is 292 Å². The van der Waals surface area contributed by atoms with Gasteiger partial charge in [0.15, 0.2) is 0 Å². The van der Waals surface area contributed by atoms with Crippen LogP contribution in [0, 0.1) is 0 Å². The van der Waals surface area contributed by atoms with Crippen LogP contribution < -0.4 is 17.7 Å². The molecule has 3 N–H and O–H groups in total. The summed E-state index contributed by atoms with van der Waals surface area (Å²) in [4.78, 5) is 12.7. The fraction of sp³-hybridized carbons (Fsp3) is 0.457. The quantitative estimate of drug-likeness (QED) is 0.271. The molecular formula is C35H37Cl3F6N2O2. The second kappa shape index (κ2) is 13.3. The Bertz CT molecular complexity index is 1600. The van der Waals surface area contributed by atoms with Crippen LogP contribution in [-0.4, -0.2) is 47.6 Å². The van der Waals surface area contributed by atoms with Gasteiger partial charge in [0.1, 0.15) is 5.54 Å². The summed E-state index contributed by atoms with van der Waals surface area (Å²) in [6.07, 6.45) is -7.34. The molecule has 4 saturated heterocycles. The first kappa shape index (κ1) is 38.3. The molecule has 2 unspecified atom stereocenters. The molecule has 0 spiro atoms. The maximum atomic E-state index is 14.2. The van der Waals surface area contributed by atoms with Crippen LogP contribution in [0.5, 0.6) is 0 Å². The second-order valence-electron chi connectivity index (χ2n) is 13.3. The molecule has 262 valence electrons. The topological polar surface area (TPSA) is 60.6 Å². The minimum atomic E-state index is -4.97. The van der Waals surface area contributed by atoms with Crippen molar-refractivity contribution in [1.29, 1.82) is 0 Å².